The molecule has 0 aliphatic heterocycles. The molecular formula is C14H30. The van der Waals surface area contributed by atoms with Crippen LogP contribution in [0.4, 0.5) is 0 Å². The third-order valence-electron chi connectivity index (χ3n) is 3.15. The molecule has 0 aliphatic carbocycles. The van der Waals surface area contributed by atoms with Crippen molar-refractivity contribution < 1.29 is 0 Å². The fourth-order valence-corrected chi connectivity index (χ4v) is 2.45. The lowest BCUT2D eigenvalue weighted by Gasteiger charge is -2.20. The van der Waals surface area contributed by atoms with Crippen LogP contribution in [0, 0.1) is 17.8 Å². The van der Waals surface area contributed by atoms with Crippen LogP contribution >= 0.6 is 0 Å². The van der Waals surface area contributed by atoms with Crippen LogP contribution in [0.5, 0.6) is 0 Å². The summed E-state index contributed by atoms with van der Waals surface area (Å²) in [7, 11) is 0. The SMILES string of the molecule is CCCCC(CC)CC(C)CC(C)C. The highest BCUT2D eigenvalue weighted by molar-refractivity contribution is 4.64. The van der Waals surface area contributed by atoms with E-state index in [0.29, 0.717) is 0 Å². The monoisotopic (exact) mass is 198 g/mol. The molecule has 2 atom stereocenters. The number of rotatable bonds is 8. The minimum absolute atomic E-state index is 0.869. The maximum absolute atomic E-state index is 2.43. The van der Waals surface area contributed by atoms with Crippen LogP contribution in [0.25, 0.3) is 0 Å². The van der Waals surface area contributed by atoms with Crippen molar-refractivity contribution in [1.82, 2.24) is 0 Å². The Labute approximate surface area is 91.5 Å². The summed E-state index contributed by atoms with van der Waals surface area (Å²) in [4.78, 5) is 0. The maximum atomic E-state index is 2.43. The lowest BCUT2D eigenvalue weighted by molar-refractivity contribution is 0.316. The minimum atomic E-state index is 0.869. The van der Waals surface area contributed by atoms with Gasteiger partial charge in [0.05, 0.1) is 0 Å². The van der Waals surface area contributed by atoms with Gasteiger partial charge < -0.3 is 0 Å². The third-order valence-corrected chi connectivity index (χ3v) is 3.15. The molecule has 0 rings (SSSR count). The van der Waals surface area contributed by atoms with Crippen LogP contribution in [0.2, 0.25) is 0 Å². The third kappa shape index (κ3) is 7.41. The minimum Gasteiger partial charge on any atom is -0.0654 e. The molecular weight excluding hydrogens is 168 g/mol. The highest BCUT2D eigenvalue weighted by atomic mass is 14.2. The molecule has 0 bridgehead atoms. The van der Waals surface area contributed by atoms with E-state index in [4.69, 9.17) is 0 Å². The summed E-state index contributed by atoms with van der Waals surface area (Å²) in [5, 5.41) is 0. The van der Waals surface area contributed by atoms with Gasteiger partial charge in [-0.1, -0.05) is 60.3 Å². The van der Waals surface area contributed by atoms with E-state index in [2.05, 4.69) is 34.6 Å². The molecule has 2 unspecified atom stereocenters. The normalized spacial score (nSPS) is 15.9. The second-order valence-corrected chi connectivity index (χ2v) is 5.39. The molecule has 0 aromatic rings. The summed E-state index contributed by atoms with van der Waals surface area (Å²) < 4.78 is 0. The number of hydrogen-bond acceptors (Lipinski definition) is 0. The fourth-order valence-electron chi connectivity index (χ4n) is 2.45. The van der Waals surface area contributed by atoms with Crippen LogP contribution < -0.4 is 0 Å². The zero-order valence-electron chi connectivity index (χ0n) is 11.0. The molecule has 0 saturated heterocycles. The highest BCUT2D eigenvalue weighted by Crippen LogP contribution is 2.25. The van der Waals surface area contributed by atoms with Crippen molar-refractivity contribution in [2.45, 2.75) is 73.1 Å². The largest absolute Gasteiger partial charge is 0.0654 e. The highest BCUT2D eigenvalue weighted by Gasteiger charge is 2.12. The number of hydrogen-bond donors (Lipinski definition) is 0. The standard InChI is InChI=1S/C14H30/c1-6-8-9-14(7-2)11-13(5)10-12(3)4/h12-14H,6-11H2,1-5H3. The van der Waals surface area contributed by atoms with Crippen LogP contribution in [0.3, 0.4) is 0 Å². The Hall–Kier alpha value is 0. The average Bonchev–Trinajstić information content (AvgIpc) is 2.10. The van der Waals surface area contributed by atoms with Crippen LogP contribution in [0.1, 0.15) is 73.1 Å². The summed E-state index contributed by atoms with van der Waals surface area (Å²) in [6, 6.07) is 0. The maximum Gasteiger partial charge on any atom is -0.0414 e. The van der Waals surface area contributed by atoms with E-state index >= 15 is 0 Å². The van der Waals surface area contributed by atoms with E-state index in [1.54, 1.807) is 0 Å². The quantitative estimate of drug-likeness (QED) is 0.498. The summed E-state index contributed by atoms with van der Waals surface area (Å²) in [6.07, 6.45) is 8.47. The molecule has 14 heavy (non-hydrogen) atoms. The van der Waals surface area contributed by atoms with Crippen molar-refractivity contribution in [2.24, 2.45) is 17.8 Å². The second kappa shape index (κ2) is 8.32. The predicted molar refractivity (Wildman–Crippen MR) is 66.5 cm³/mol. The van der Waals surface area contributed by atoms with E-state index in [0.717, 1.165) is 17.8 Å². The van der Waals surface area contributed by atoms with Gasteiger partial charge in [-0.2, -0.15) is 0 Å². The second-order valence-electron chi connectivity index (χ2n) is 5.39. The van der Waals surface area contributed by atoms with E-state index in [1.165, 1.54) is 38.5 Å². The molecule has 86 valence electrons. The van der Waals surface area contributed by atoms with Crippen LogP contribution in [-0.2, 0) is 0 Å². The zero-order valence-corrected chi connectivity index (χ0v) is 11.0. The van der Waals surface area contributed by atoms with E-state index < -0.39 is 0 Å². The van der Waals surface area contributed by atoms with Crippen molar-refractivity contribution in [3.8, 4) is 0 Å². The lowest BCUT2D eigenvalue weighted by atomic mass is 9.86. The van der Waals surface area contributed by atoms with Crippen molar-refractivity contribution in [1.29, 1.82) is 0 Å². The molecule has 0 heterocycles. The molecule has 0 spiro atoms. The van der Waals surface area contributed by atoms with E-state index in [9.17, 15) is 0 Å². The van der Waals surface area contributed by atoms with Gasteiger partial charge in [-0.15, -0.1) is 0 Å². The van der Waals surface area contributed by atoms with E-state index in [1.807, 2.05) is 0 Å². The first-order valence-corrected chi connectivity index (χ1v) is 6.60. The first-order chi connectivity index (χ1) is 6.60. The smallest absolute Gasteiger partial charge is 0.0414 e. The Kier molecular flexibility index (Phi) is 8.32. The van der Waals surface area contributed by atoms with Gasteiger partial charge in [0, 0.05) is 0 Å². The van der Waals surface area contributed by atoms with Gasteiger partial charge in [0.2, 0.25) is 0 Å². The topological polar surface area (TPSA) is 0 Å². The fraction of sp³-hybridized carbons (Fsp3) is 1.00. The van der Waals surface area contributed by atoms with Crippen molar-refractivity contribution in [3.05, 3.63) is 0 Å². The van der Waals surface area contributed by atoms with Gasteiger partial charge in [-0.05, 0) is 30.6 Å². The van der Waals surface area contributed by atoms with E-state index in [-0.39, 0.29) is 0 Å². The molecule has 0 nitrogen and oxygen atoms in total. The molecule has 0 saturated carbocycles. The molecule has 0 N–H and O–H groups in total. The Balaban J connectivity index is 3.68. The van der Waals surface area contributed by atoms with Crippen molar-refractivity contribution in [3.63, 3.8) is 0 Å². The Bertz CT molecular complexity index is 115. The first-order valence-electron chi connectivity index (χ1n) is 6.60. The lowest BCUT2D eigenvalue weighted by Crippen LogP contribution is -2.08. The summed E-state index contributed by atoms with van der Waals surface area (Å²) in [5.74, 6) is 2.79. The molecule has 0 aliphatic rings. The molecule has 0 heteroatoms. The Morgan fingerprint density at radius 1 is 0.929 bits per heavy atom. The molecule has 0 radical (unpaired) electrons. The summed E-state index contributed by atoms with van der Waals surface area (Å²) >= 11 is 0. The Morgan fingerprint density at radius 3 is 2.00 bits per heavy atom. The van der Waals surface area contributed by atoms with Gasteiger partial charge in [-0.3, -0.25) is 0 Å². The molecule has 0 aromatic carbocycles. The van der Waals surface area contributed by atoms with Gasteiger partial charge >= 0.3 is 0 Å². The molecule has 0 amide bonds. The average molecular weight is 198 g/mol. The van der Waals surface area contributed by atoms with Gasteiger partial charge in [-0.25, -0.2) is 0 Å². The van der Waals surface area contributed by atoms with Crippen LogP contribution in [0.15, 0.2) is 0 Å². The number of unbranched alkanes of at least 4 members (excludes halogenated alkanes) is 1. The summed E-state index contributed by atoms with van der Waals surface area (Å²) in [5.41, 5.74) is 0. The van der Waals surface area contributed by atoms with Crippen molar-refractivity contribution in [2.75, 3.05) is 0 Å². The van der Waals surface area contributed by atoms with Crippen LogP contribution in [-0.4, -0.2) is 0 Å². The van der Waals surface area contributed by atoms with Gasteiger partial charge in [0.25, 0.3) is 0 Å². The Morgan fingerprint density at radius 2 is 1.57 bits per heavy atom. The predicted octanol–water partition coefficient (Wildman–Crippen LogP) is 5.28. The molecule has 0 fully saturated rings. The van der Waals surface area contributed by atoms with Gasteiger partial charge in [0.15, 0.2) is 0 Å². The molecule has 0 aromatic heterocycles. The first kappa shape index (κ1) is 14.0. The zero-order chi connectivity index (χ0) is 11.0. The summed E-state index contributed by atoms with van der Waals surface area (Å²) in [6.45, 7) is 11.7. The van der Waals surface area contributed by atoms with Crippen molar-refractivity contribution >= 4 is 0 Å². The van der Waals surface area contributed by atoms with Gasteiger partial charge in [0.1, 0.15) is 0 Å².